The van der Waals surface area contributed by atoms with Crippen LogP contribution in [0.4, 0.5) is 14.9 Å². The van der Waals surface area contributed by atoms with Crippen molar-refractivity contribution in [3.8, 4) is 0 Å². The van der Waals surface area contributed by atoms with E-state index in [4.69, 9.17) is 0 Å². The van der Waals surface area contributed by atoms with Crippen LogP contribution < -0.4 is 10.2 Å². The number of anilines is 1. The van der Waals surface area contributed by atoms with Gasteiger partial charge in [-0.05, 0) is 62.2 Å². The van der Waals surface area contributed by atoms with Gasteiger partial charge in [-0.2, -0.15) is 0 Å². The number of hydrogen-bond donors (Lipinski definition) is 1. The number of urea groups is 1. The second-order valence-corrected chi connectivity index (χ2v) is 7.01. The second kappa shape index (κ2) is 8.20. The van der Waals surface area contributed by atoms with Gasteiger partial charge in [-0.3, -0.25) is 9.69 Å². The Hall–Kier alpha value is -2.89. The van der Waals surface area contributed by atoms with Crippen molar-refractivity contribution in [1.82, 2.24) is 10.2 Å². The molecule has 0 spiro atoms. The summed E-state index contributed by atoms with van der Waals surface area (Å²) in [4.78, 5) is 28.3. The summed E-state index contributed by atoms with van der Waals surface area (Å²) >= 11 is 0. The average Bonchev–Trinajstić information content (AvgIpc) is 2.63. The molecular formula is C21H24FN3O2. The molecule has 1 fully saturated rings. The molecule has 0 unspecified atom stereocenters. The van der Waals surface area contributed by atoms with Gasteiger partial charge in [0, 0.05) is 36.9 Å². The SMILES string of the molecule is CC(C)NC(=O)c1ccc(N2CCCN(Cc3cccc(F)c3)C2=O)cc1. The molecule has 0 bridgehead atoms. The number of nitrogens with one attached hydrogen (secondary N) is 1. The number of hydrogen-bond acceptors (Lipinski definition) is 2. The summed E-state index contributed by atoms with van der Waals surface area (Å²) in [5.74, 6) is -0.432. The summed E-state index contributed by atoms with van der Waals surface area (Å²) in [6.07, 6.45) is 0.830. The summed E-state index contributed by atoms with van der Waals surface area (Å²) in [5.41, 5.74) is 2.09. The highest BCUT2D eigenvalue weighted by atomic mass is 19.1. The summed E-state index contributed by atoms with van der Waals surface area (Å²) in [6, 6.07) is 13.3. The van der Waals surface area contributed by atoms with Gasteiger partial charge in [-0.15, -0.1) is 0 Å². The number of rotatable bonds is 5. The van der Waals surface area contributed by atoms with Crippen LogP contribution in [0.5, 0.6) is 0 Å². The minimum absolute atomic E-state index is 0.0669. The van der Waals surface area contributed by atoms with E-state index >= 15 is 0 Å². The smallest absolute Gasteiger partial charge is 0.324 e. The predicted octanol–water partition coefficient (Wildman–Crippen LogP) is 3.80. The van der Waals surface area contributed by atoms with E-state index in [1.165, 1.54) is 12.1 Å². The molecule has 3 amide bonds. The minimum Gasteiger partial charge on any atom is -0.350 e. The quantitative estimate of drug-likeness (QED) is 0.872. The lowest BCUT2D eigenvalue weighted by Crippen LogP contribution is -2.49. The van der Waals surface area contributed by atoms with E-state index in [9.17, 15) is 14.0 Å². The van der Waals surface area contributed by atoms with Gasteiger partial charge < -0.3 is 10.2 Å². The standard InChI is InChI=1S/C21H24FN3O2/c1-15(2)23-20(26)17-7-9-19(10-8-17)25-12-4-11-24(21(25)27)14-16-5-3-6-18(22)13-16/h3,5-10,13,15H,4,11-12,14H2,1-2H3,(H,23,26). The minimum atomic E-state index is -0.302. The number of amides is 3. The van der Waals surface area contributed by atoms with Crippen molar-refractivity contribution in [2.75, 3.05) is 18.0 Å². The van der Waals surface area contributed by atoms with Crippen LogP contribution in [0.1, 0.15) is 36.2 Å². The average molecular weight is 369 g/mol. The molecule has 0 aromatic heterocycles. The Morgan fingerprint density at radius 1 is 1.15 bits per heavy atom. The molecule has 1 N–H and O–H groups in total. The van der Waals surface area contributed by atoms with Crippen molar-refractivity contribution < 1.29 is 14.0 Å². The zero-order valence-corrected chi connectivity index (χ0v) is 15.6. The van der Waals surface area contributed by atoms with E-state index in [1.54, 1.807) is 40.1 Å². The van der Waals surface area contributed by atoms with E-state index in [2.05, 4.69) is 5.32 Å². The fourth-order valence-corrected chi connectivity index (χ4v) is 3.16. The summed E-state index contributed by atoms with van der Waals surface area (Å²) in [6.45, 7) is 5.45. The molecule has 2 aromatic carbocycles. The van der Waals surface area contributed by atoms with Crippen LogP contribution in [0.3, 0.4) is 0 Å². The molecule has 5 nitrogen and oxygen atoms in total. The Kier molecular flexibility index (Phi) is 5.74. The van der Waals surface area contributed by atoms with Gasteiger partial charge in [0.25, 0.3) is 5.91 Å². The maximum Gasteiger partial charge on any atom is 0.324 e. The zero-order valence-electron chi connectivity index (χ0n) is 15.6. The molecular weight excluding hydrogens is 345 g/mol. The van der Waals surface area contributed by atoms with E-state index in [-0.39, 0.29) is 23.8 Å². The molecule has 1 aliphatic rings. The van der Waals surface area contributed by atoms with Crippen molar-refractivity contribution in [2.45, 2.75) is 32.9 Å². The molecule has 1 saturated heterocycles. The molecule has 0 aliphatic carbocycles. The lowest BCUT2D eigenvalue weighted by molar-refractivity contribution is 0.0943. The van der Waals surface area contributed by atoms with Crippen molar-refractivity contribution in [2.24, 2.45) is 0 Å². The third-order valence-corrected chi connectivity index (χ3v) is 4.43. The first-order chi connectivity index (χ1) is 12.9. The van der Waals surface area contributed by atoms with E-state index in [0.717, 1.165) is 17.7 Å². The van der Waals surface area contributed by atoms with Crippen LogP contribution in [0.15, 0.2) is 48.5 Å². The number of halogens is 1. The lowest BCUT2D eigenvalue weighted by Gasteiger charge is -2.35. The molecule has 0 atom stereocenters. The molecule has 6 heteroatoms. The number of carbonyl (C=O) groups is 2. The Morgan fingerprint density at radius 3 is 2.56 bits per heavy atom. The van der Waals surface area contributed by atoms with Gasteiger partial charge in [-0.1, -0.05) is 12.1 Å². The first-order valence-electron chi connectivity index (χ1n) is 9.16. The van der Waals surface area contributed by atoms with Crippen LogP contribution >= 0.6 is 0 Å². The number of nitrogens with zero attached hydrogens (tertiary/aromatic N) is 2. The molecule has 27 heavy (non-hydrogen) atoms. The summed E-state index contributed by atoms with van der Waals surface area (Å²) < 4.78 is 13.4. The molecule has 142 valence electrons. The second-order valence-electron chi connectivity index (χ2n) is 7.01. The predicted molar refractivity (Wildman–Crippen MR) is 103 cm³/mol. The molecule has 3 rings (SSSR count). The number of carbonyl (C=O) groups excluding carboxylic acids is 2. The van der Waals surface area contributed by atoms with Crippen LogP contribution in [0, 0.1) is 5.82 Å². The van der Waals surface area contributed by atoms with Gasteiger partial charge in [0.05, 0.1) is 0 Å². The Bertz CT molecular complexity index is 820. The van der Waals surface area contributed by atoms with Gasteiger partial charge in [-0.25, -0.2) is 9.18 Å². The Morgan fingerprint density at radius 2 is 1.89 bits per heavy atom. The van der Waals surface area contributed by atoms with Gasteiger partial charge >= 0.3 is 6.03 Å². The topological polar surface area (TPSA) is 52.7 Å². The third-order valence-electron chi connectivity index (χ3n) is 4.43. The Labute approximate surface area is 158 Å². The highest BCUT2D eigenvalue weighted by Crippen LogP contribution is 2.22. The van der Waals surface area contributed by atoms with E-state index < -0.39 is 0 Å². The first kappa shape index (κ1) is 18.9. The highest BCUT2D eigenvalue weighted by molar-refractivity contribution is 5.96. The van der Waals surface area contributed by atoms with E-state index in [0.29, 0.717) is 25.2 Å². The normalized spacial score (nSPS) is 14.6. The van der Waals surface area contributed by atoms with Gasteiger partial charge in [0.2, 0.25) is 0 Å². The van der Waals surface area contributed by atoms with Gasteiger partial charge in [0.15, 0.2) is 0 Å². The van der Waals surface area contributed by atoms with Crippen molar-refractivity contribution in [3.05, 3.63) is 65.5 Å². The van der Waals surface area contributed by atoms with Crippen molar-refractivity contribution in [1.29, 1.82) is 0 Å². The largest absolute Gasteiger partial charge is 0.350 e. The molecule has 2 aromatic rings. The van der Waals surface area contributed by atoms with Crippen LogP contribution in [0.2, 0.25) is 0 Å². The van der Waals surface area contributed by atoms with Crippen LogP contribution in [-0.2, 0) is 6.54 Å². The fraction of sp³-hybridized carbons (Fsp3) is 0.333. The summed E-state index contributed by atoms with van der Waals surface area (Å²) in [5, 5.41) is 2.85. The fourth-order valence-electron chi connectivity index (χ4n) is 3.16. The molecule has 0 saturated carbocycles. The monoisotopic (exact) mass is 369 g/mol. The molecule has 0 radical (unpaired) electrons. The van der Waals surface area contributed by atoms with Crippen LogP contribution in [-0.4, -0.2) is 36.0 Å². The molecule has 1 aliphatic heterocycles. The lowest BCUT2D eigenvalue weighted by atomic mass is 10.1. The van der Waals surface area contributed by atoms with Crippen molar-refractivity contribution in [3.63, 3.8) is 0 Å². The zero-order chi connectivity index (χ0) is 19.4. The summed E-state index contributed by atoms with van der Waals surface area (Å²) in [7, 11) is 0. The maximum absolute atomic E-state index is 13.4. The maximum atomic E-state index is 13.4. The third kappa shape index (κ3) is 4.64. The Balaban J connectivity index is 1.71. The van der Waals surface area contributed by atoms with Crippen LogP contribution in [0.25, 0.3) is 0 Å². The van der Waals surface area contributed by atoms with Crippen molar-refractivity contribution >= 4 is 17.6 Å². The number of benzene rings is 2. The highest BCUT2D eigenvalue weighted by Gasteiger charge is 2.27. The van der Waals surface area contributed by atoms with E-state index in [1.807, 2.05) is 19.9 Å². The van der Waals surface area contributed by atoms with Gasteiger partial charge in [0.1, 0.15) is 5.82 Å². The first-order valence-corrected chi connectivity index (χ1v) is 9.16. The molecule has 1 heterocycles.